The SMILES string of the molecule is COCCNC(=O)c1cc2n(n1)C[C@@H](NC(=O)CC1CCN(C(C)C)CC1)C2. The van der Waals surface area contributed by atoms with Crippen molar-refractivity contribution in [1.82, 2.24) is 25.3 Å². The number of likely N-dealkylation sites (tertiary alicyclic amines) is 1. The van der Waals surface area contributed by atoms with Gasteiger partial charge in [0.1, 0.15) is 5.69 Å². The molecular formula is C20H33N5O3. The average molecular weight is 392 g/mol. The fourth-order valence-electron chi connectivity index (χ4n) is 4.09. The highest BCUT2D eigenvalue weighted by Crippen LogP contribution is 2.22. The number of rotatable bonds is 8. The molecule has 0 unspecified atom stereocenters. The lowest BCUT2D eigenvalue weighted by Gasteiger charge is -2.34. The van der Waals surface area contributed by atoms with Crippen LogP contribution in [-0.4, -0.2) is 71.9 Å². The zero-order valence-corrected chi connectivity index (χ0v) is 17.2. The van der Waals surface area contributed by atoms with Crippen LogP contribution in [0.5, 0.6) is 0 Å². The Morgan fingerprint density at radius 2 is 2.07 bits per heavy atom. The van der Waals surface area contributed by atoms with Crippen molar-refractivity contribution in [2.75, 3.05) is 33.4 Å². The normalized spacial score (nSPS) is 20.4. The molecule has 1 aromatic rings. The zero-order chi connectivity index (χ0) is 20.1. The predicted molar refractivity (Wildman–Crippen MR) is 106 cm³/mol. The molecule has 28 heavy (non-hydrogen) atoms. The van der Waals surface area contributed by atoms with E-state index in [9.17, 15) is 9.59 Å². The maximum atomic E-state index is 12.4. The number of fused-ring (bicyclic) bond motifs is 1. The second-order valence-corrected chi connectivity index (χ2v) is 8.20. The van der Waals surface area contributed by atoms with Gasteiger partial charge < -0.3 is 20.3 Å². The molecule has 8 nitrogen and oxygen atoms in total. The summed E-state index contributed by atoms with van der Waals surface area (Å²) in [6.45, 7) is 8.19. The summed E-state index contributed by atoms with van der Waals surface area (Å²) >= 11 is 0. The molecule has 156 valence electrons. The lowest BCUT2D eigenvalue weighted by molar-refractivity contribution is -0.123. The molecule has 0 spiro atoms. The number of carbonyl (C=O) groups is 2. The second-order valence-electron chi connectivity index (χ2n) is 8.20. The number of hydrogen-bond acceptors (Lipinski definition) is 5. The number of carbonyl (C=O) groups excluding carboxylic acids is 2. The smallest absolute Gasteiger partial charge is 0.271 e. The number of amides is 2. The van der Waals surface area contributed by atoms with Crippen molar-refractivity contribution in [2.24, 2.45) is 5.92 Å². The lowest BCUT2D eigenvalue weighted by Crippen LogP contribution is -2.41. The third-order valence-electron chi connectivity index (χ3n) is 5.76. The summed E-state index contributed by atoms with van der Waals surface area (Å²) in [5.41, 5.74) is 1.42. The van der Waals surface area contributed by atoms with Crippen LogP contribution in [0.1, 0.15) is 49.3 Å². The average Bonchev–Trinajstić information content (AvgIpc) is 3.20. The van der Waals surface area contributed by atoms with E-state index in [0.717, 1.165) is 38.0 Å². The minimum Gasteiger partial charge on any atom is -0.383 e. The van der Waals surface area contributed by atoms with Gasteiger partial charge in [-0.15, -0.1) is 0 Å². The van der Waals surface area contributed by atoms with Crippen molar-refractivity contribution in [1.29, 1.82) is 0 Å². The largest absolute Gasteiger partial charge is 0.383 e. The van der Waals surface area contributed by atoms with Gasteiger partial charge in [-0.2, -0.15) is 5.10 Å². The molecule has 2 N–H and O–H groups in total. The van der Waals surface area contributed by atoms with Gasteiger partial charge in [-0.3, -0.25) is 14.3 Å². The molecule has 1 atom stereocenters. The summed E-state index contributed by atoms with van der Waals surface area (Å²) in [6, 6.07) is 2.47. The number of hydrogen-bond donors (Lipinski definition) is 2. The van der Waals surface area contributed by atoms with E-state index in [4.69, 9.17) is 4.74 Å². The van der Waals surface area contributed by atoms with Crippen LogP contribution in [0.3, 0.4) is 0 Å². The van der Waals surface area contributed by atoms with Gasteiger partial charge in [0, 0.05) is 38.2 Å². The Morgan fingerprint density at radius 3 is 2.71 bits per heavy atom. The number of methoxy groups -OCH3 is 1. The Hall–Kier alpha value is -1.93. The van der Waals surface area contributed by atoms with Crippen LogP contribution < -0.4 is 10.6 Å². The zero-order valence-electron chi connectivity index (χ0n) is 17.2. The van der Waals surface area contributed by atoms with Crippen LogP contribution in [0.15, 0.2) is 6.07 Å². The van der Waals surface area contributed by atoms with Gasteiger partial charge in [-0.05, 0) is 51.8 Å². The fraction of sp³-hybridized carbons (Fsp3) is 0.750. The molecule has 0 saturated carbocycles. The highest BCUT2D eigenvalue weighted by molar-refractivity contribution is 5.92. The second kappa shape index (κ2) is 9.52. The molecule has 0 aromatic carbocycles. The van der Waals surface area contributed by atoms with Gasteiger partial charge in [0.25, 0.3) is 5.91 Å². The van der Waals surface area contributed by atoms with Crippen molar-refractivity contribution in [2.45, 2.75) is 58.2 Å². The van der Waals surface area contributed by atoms with Gasteiger partial charge in [0.05, 0.1) is 19.2 Å². The van der Waals surface area contributed by atoms with Crippen molar-refractivity contribution >= 4 is 11.8 Å². The third kappa shape index (κ3) is 5.32. The fourth-order valence-corrected chi connectivity index (χ4v) is 4.09. The van der Waals surface area contributed by atoms with E-state index in [-0.39, 0.29) is 17.9 Å². The van der Waals surface area contributed by atoms with Crippen molar-refractivity contribution in [3.63, 3.8) is 0 Å². The molecular weight excluding hydrogens is 358 g/mol. The first-order valence-electron chi connectivity index (χ1n) is 10.3. The Labute approximate surface area is 167 Å². The van der Waals surface area contributed by atoms with Gasteiger partial charge in [-0.25, -0.2) is 0 Å². The molecule has 8 heteroatoms. The van der Waals surface area contributed by atoms with E-state index >= 15 is 0 Å². The summed E-state index contributed by atoms with van der Waals surface area (Å²) in [5, 5.41) is 10.3. The van der Waals surface area contributed by atoms with Crippen LogP contribution in [0.2, 0.25) is 0 Å². The number of ether oxygens (including phenoxy) is 1. The number of piperidine rings is 1. The predicted octanol–water partition coefficient (Wildman–Crippen LogP) is 0.811. The molecule has 1 aromatic heterocycles. The Morgan fingerprint density at radius 1 is 1.32 bits per heavy atom. The van der Waals surface area contributed by atoms with Crippen molar-refractivity contribution in [3.8, 4) is 0 Å². The number of aromatic nitrogens is 2. The molecule has 0 radical (unpaired) electrons. The summed E-state index contributed by atoms with van der Waals surface area (Å²) in [7, 11) is 1.60. The highest BCUT2D eigenvalue weighted by atomic mass is 16.5. The van der Waals surface area contributed by atoms with Crippen LogP contribution in [-0.2, 0) is 22.5 Å². The Kier molecular flexibility index (Phi) is 7.07. The molecule has 0 bridgehead atoms. The third-order valence-corrected chi connectivity index (χ3v) is 5.76. The van der Waals surface area contributed by atoms with Crippen LogP contribution in [0.25, 0.3) is 0 Å². The van der Waals surface area contributed by atoms with Gasteiger partial charge >= 0.3 is 0 Å². The minimum atomic E-state index is -0.188. The molecule has 0 aliphatic carbocycles. The summed E-state index contributed by atoms with van der Waals surface area (Å²) in [5.74, 6) is 0.430. The summed E-state index contributed by atoms with van der Waals surface area (Å²) < 4.78 is 6.76. The van der Waals surface area contributed by atoms with E-state index in [1.807, 2.05) is 10.7 Å². The quantitative estimate of drug-likeness (QED) is 0.641. The minimum absolute atomic E-state index is 0.0661. The maximum absolute atomic E-state index is 12.4. The molecule has 1 saturated heterocycles. The molecule has 3 heterocycles. The first-order valence-corrected chi connectivity index (χ1v) is 10.3. The van der Waals surface area contributed by atoms with Crippen molar-refractivity contribution < 1.29 is 14.3 Å². The number of nitrogens with zero attached hydrogens (tertiary/aromatic N) is 3. The highest BCUT2D eigenvalue weighted by Gasteiger charge is 2.28. The van der Waals surface area contributed by atoms with Crippen LogP contribution in [0.4, 0.5) is 0 Å². The lowest BCUT2D eigenvalue weighted by atomic mass is 9.92. The summed E-state index contributed by atoms with van der Waals surface area (Å²) in [6.07, 6.45) is 3.52. The molecule has 2 aliphatic rings. The molecule has 2 aliphatic heterocycles. The molecule has 1 fully saturated rings. The van der Waals surface area contributed by atoms with Gasteiger partial charge in [-0.1, -0.05) is 0 Å². The van der Waals surface area contributed by atoms with E-state index in [0.29, 0.717) is 43.8 Å². The maximum Gasteiger partial charge on any atom is 0.271 e. The first-order chi connectivity index (χ1) is 13.5. The standard InChI is InChI=1S/C20H33N5O3/c1-14(2)24-7-4-15(5-8-24)10-19(26)22-16-11-17-12-18(23-25(17)13-16)20(27)21-6-9-28-3/h12,14-16H,4-11,13H2,1-3H3,(H,21,27)(H,22,26)/t16-/m0/s1. The van der Waals surface area contributed by atoms with Gasteiger partial charge in [0.15, 0.2) is 0 Å². The van der Waals surface area contributed by atoms with E-state index in [1.165, 1.54) is 0 Å². The Bertz CT molecular complexity index is 656. The van der Waals surface area contributed by atoms with E-state index in [1.54, 1.807) is 7.11 Å². The topological polar surface area (TPSA) is 88.5 Å². The number of nitrogens with one attached hydrogen (secondary N) is 2. The Balaban J connectivity index is 1.41. The monoisotopic (exact) mass is 391 g/mol. The van der Waals surface area contributed by atoms with Crippen LogP contribution in [0, 0.1) is 5.92 Å². The van der Waals surface area contributed by atoms with E-state index in [2.05, 4.69) is 34.5 Å². The molecule has 2 amide bonds. The van der Waals surface area contributed by atoms with Crippen LogP contribution >= 0.6 is 0 Å². The van der Waals surface area contributed by atoms with E-state index < -0.39 is 0 Å². The molecule has 3 rings (SSSR count). The van der Waals surface area contributed by atoms with Crippen molar-refractivity contribution in [3.05, 3.63) is 17.5 Å². The first kappa shape index (κ1) is 20.8. The summed E-state index contributed by atoms with van der Waals surface area (Å²) in [4.78, 5) is 27.0. The van der Waals surface area contributed by atoms with Gasteiger partial charge in [0.2, 0.25) is 5.91 Å².